The number of likely N-dealkylation sites (tertiary alicyclic amines) is 1. The number of hydrogen-bond donors (Lipinski definition) is 3. The number of ether oxygens (including phenoxy) is 1. The first-order valence-electron chi connectivity index (χ1n) is 13.1. The van der Waals surface area contributed by atoms with Gasteiger partial charge in [-0.2, -0.15) is 13.8 Å². The van der Waals surface area contributed by atoms with Gasteiger partial charge < -0.3 is 25.4 Å². The second kappa shape index (κ2) is 12.7. The van der Waals surface area contributed by atoms with Crippen LogP contribution in [0.25, 0.3) is 0 Å². The molecule has 4 rings (SSSR count). The molecular weight excluding hydrogens is 486 g/mol. The molecule has 2 heterocycles. The van der Waals surface area contributed by atoms with E-state index in [2.05, 4.69) is 30.3 Å². The Morgan fingerprint density at radius 3 is 2.68 bits per heavy atom. The Balaban J connectivity index is 1.43. The van der Waals surface area contributed by atoms with Crippen LogP contribution < -0.4 is 10.6 Å². The first-order chi connectivity index (χ1) is 17.8. The van der Waals surface area contributed by atoms with Gasteiger partial charge in [0.05, 0.1) is 12.7 Å². The number of carbonyl (C=O) groups is 2. The topological polar surface area (TPSA) is 129 Å². The van der Waals surface area contributed by atoms with E-state index < -0.39 is 12.7 Å². The van der Waals surface area contributed by atoms with Crippen LogP contribution in [0.2, 0.25) is 0 Å². The minimum Gasteiger partial charge on any atom is -0.393 e. The fourth-order valence-electron chi connectivity index (χ4n) is 4.86. The summed E-state index contributed by atoms with van der Waals surface area (Å²) in [6, 6.07) is -0.666. The molecule has 1 aromatic heterocycles. The van der Waals surface area contributed by atoms with Crippen molar-refractivity contribution in [3.63, 3.8) is 0 Å². The molecule has 2 saturated carbocycles. The maximum atomic E-state index is 13.2. The number of rotatable bonds is 10. The van der Waals surface area contributed by atoms with Gasteiger partial charge in [0, 0.05) is 43.5 Å². The number of halogens is 2. The molecule has 2 amide bonds. The molecule has 2 atom stereocenters. The molecule has 2 aliphatic carbocycles. The van der Waals surface area contributed by atoms with Gasteiger partial charge >= 0.3 is 6.61 Å². The predicted octanol–water partition coefficient (Wildman–Crippen LogP) is 2.90. The van der Waals surface area contributed by atoms with Crippen LogP contribution in [0.15, 0.2) is 11.2 Å². The second-order valence-electron chi connectivity index (χ2n) is 10.3. The third kappa shape index (κ3) is 7.64. The van der Waals surface area contributed by atoms with Gasteiger partial charge in [-0.1, -0.05) is 6.42 Å². The smallest absolute Gasteiger partial charge is 0.345 e. The van der Waals surface area contributed by atoms with E-state index in [1.54, 1.807) is 13.1 Å². The van der Waals surface area contributed by atoms with Crippen LogP contribution in [-0.2, 0) is 9.53 Å². The van der Waals surface area contributed by atoms with Gasteiger partial charge in [0.1, 0.15) is 5.56 Å². The Labute approximate surface area is 215 Å². The highest BCUT2D eigenvalue weighted by Gasteiger charge is 2.34. The number of nitrogens with one attached hydrogen (secondary N) is 2. The summed E-state index contributed by atoms with van der Waals surface area (Å²) in [6.07, 6.45) is 9.46. The summed E-state index contributed by atoms with van der Waals surface area (Å²) in [5, 5.41) is 15.6. The van der Waals surface area contributed by atoms with Crippen LogP contribution in [0.1, 0.15) is 68.6 Å². The maximum absolute atomic E-state index is 13.2. The number of aliphatic hydroxyl groups is 1. The zero-order valence-electron chi connectivity index (χ0n) is 21.1. The van der Waals surface area contributed by atoms with Crippen molar-refractivity contribution >= 4 is 29.8 Å². The van der Waals surface area contributed by atoms with Crippen molar-refractivity contribution in [1.29, 1.82) is 0 Å². The van der Waals surface area contributed by atoms with Gasteiger partial charge in [-0.15, -0.1) is 0 Å². The third-order valence-corrected chi connectivity index (χ3v) is 7.30. The summed E-state index contributed by atoms with van der Waals surface area (Å²) in [5.41, 5.74) is 0.192. The largest absolute Gasteiger partial charge is 0.393 e. The number of nitrogens with zero attached hydrogens (tertiary/aromatic N) is 4. The molecule has 1 aliphatic heterocycles. The molecular formula is C25H36F2N6O4. The standard InChI is InChI=1S/C25H36F2N6O4/c1-15(14-37-24(26)27)30-25-29-12-20(21(32-25)28-11-16-5-7-19(34)8-6-16)22(35)31-18-9-10-33(13-18)23(36)17-3-2-4-17/h11-12,15-19,24,34H,2-10,13-14H2,1H3,(H,31,35)(H,29,30,32)/b28-11-/t15-,16?,18-,19?/m0/s1. The maximum Gasteiger partial charge on any atom is 0.345 e. The first-order valence-corrected chi connectivity index (χ1v) is 13.1. The van der Waals surface area contributed by atoms with Gasteiger partial charge in [0.25, 0.3) is 5.91 Å². The predicted molar refractivity (Wildman–Crippen MR) is 133 cm³/mol. The number of hydrogen-bond acceptors (Lipinski definition) is 8. The van der Waals surface area contributed by atoms with Crippen LogP contribution in [-0.4, -0.2) is 82.5 Å². The molecule has 1 aromatic rings. The molecule has 37 heavy (non-hydrogen) atoms. The zero-order chi connectivity index (χ0) is 26.4. The monoisotopic (exact) mass is 522 g/mol. The molecule has 204 valence electrons. The normalized spacial score (nSPS) is 25.3. The summed E-state index contributed by atoms with van der Waals surface area (Å²) in [6.45, 7) is -0.368. The minimum atomic E-state index is -2.87. The van der Waals surface area contributed by atoms with E-state index in [1.807, 2.05) is 4.90 Å². The SMILES string of the molecule is C[C@@H](COC(F)F)Nc1ncc(C(=O)N[C@H]2CCN(C(=O)C3CCC3)C2)c(/N=C\C2CCC(O)CC2)n1. The van der Waals surface area contributed by atoms with E-state index in [4.69, 9.17) is 0 Å². The number of aliphatic imine (C=N–C) groups is 1. The Bertz CT molecular complexity index is 969. The average molecular weight is 523 g/mol. The molecule has 3 aliphatic rings. The summed E-state index contributed by atoms with van der Waals surface area (Å²) >= 11 is 0. The lowest BCUT2D eigenvalue weighted by molar-refractivity contribution is -0.137. The van der Waals surface area contributed by atoms with Crippen LogP contribution in [0.5, 0.6) is 0 Å². The molecule has 3 fully saturated rings. The second-order valence-corrected chi connectivity index (χ2v) is 10.3. The number of aromatic nitrogens is 2. The molecule has 0 spiro atoms. The lowest BCUT2D eigenvalue weighted by atomic mass is 9.84. The summed E-state index contributed by atoms with van der Waals surface area (Å²) < 4.78 is 29.0. The minimum absolute atomic E-state index is 0.123. The lowest BCUT2D eigenvalue weighted by Gasteiger charge is -2.29. The van der Waals surface area contributed by atoms with Gasteiger partial charge in [0.15, 0.2) is 5.82 Å². The van der Waals surface area contributed by atoms with Gasteiger partial charge in [-0.3, -0.25) is 9.59 Å². The molecule has 0 unspecified atom stereocenters. The van der Waals surface area contributed by atoms with E-state index in [0.29, 0.717) is 32.4 Å². The quantitative estimate of drug-likeness (QED) is 0.403. The first kappa shape index (κ1) is 27.3. The average Bonchev–Trinajstić information content (AvgIpc) is 3.30. The van der Waals surface area contributed by atoms with Crippen LogP contribution in [0, 0.1) is 11.8 Å². The molecule has 0 radical (unpaired) electrons. The van der Waals surface area contributed by atoms with Crippen molar-refractivity contribution in [2.24, 2.45) is 16.8 Å². The Morgan fingerprint density at radius 2 is 2.00 bits per heavy atom. The molecule has 12 heteroatoms. The summed E-state index contributed by atoms with van der Waals surface area (Å²) in [5.74, 6) is 0.391. The van der Waals surface area contributed by atoms with Gasteiger partial charge in [0.2, 0.25) is 11.9 Å². The van der Waals surface area contributed by atoms with E-state index in [9.17, 15) is 23.5 Å². The van der Waals surface area contributed by atoms with Crippen LogP contribution in [0.4, 0.5) is 20.5 Å². The van der Waals surface area contributed by atoms with Gasteiger partial charge in [-0.05, 0) is 57.8 Å². The van der Waals surface area contributed by atoms with Gasteiger partial charge in [-0.25, -0.2) is 9.98 Å². The number of alkyl halides is 2. The highest BCUT2D eigenvalue weighted by Crippen LogP contribution is 2.30. The third-order valence-electron chi connectivity index (χ3n) is 7.30. The van der Waals surface area contributed by atoms with Crippen molar-refractivity contribution in [3.05, 3.63) is 11.8 Å². The van der Waals surface area contributed by atoms with E-state index >= 15 is 0 Å². The Morgan fingerprint density at radius 1 is 1.24 bits per heavy atom. The Hall–Kier alpha value is -2.73. The van der Waals surface area contributed by atoms with E-state index in [-0.39, 0.29) is 59.7 Å². The zero-order valence-corrected chi connectivity index (χ0v) is 21.1. The number of carbonyl (C=O) groups excluding carboxylic acids is 2. The highest BCUT2D eigenvalue weighted by molar-refractivity contribution is 5.98. The highest BCUT2D eigenvalue weighted by atomic mass is 19.3. The molecule has 1 saturated heterocycles. The Kier molecular flexibility index (Phi) is 9.36. The molecule has 10 nitrogen and oxygen atoms in total. The summed E-state index contributed by atoms with van der Waals surface area (Å²) in [7, 11) is 0. The lowest BCUT2D eigenvalue weighted by Crippen LogP contribution is -2.41. The molecule has 0 aromatic carbocycles. The van der Waals surface area contributed by atoms with Crippen molar-refractivity contribution in [2.45, 2.75) is 83.1 Å². The van der Waals surface area contributed by atoms with Crippen LogP contribution >= 0.6 is 0 Å². The van der Waals surface area contributed by atoms with Crippen molar-refractivity contribution in [2.75, 3.05) is 25.0 Å². The summed E-state index contributed by atoms with van der Waals surface area (Å²) in [4.78, 5) is 40.6. The van der Waals surface area contributed by atoms with Crippen molar-refractivity contribution in [1.82, 2.24) is 20.2 Å². The molecule has 3 N–H and O–H groups in total. The molecule has 0 bridgehead atoms. The van der Waals surface area contributed by atoms with E-state index in [0.717, 1.165) is 32.1 Å². The number of anilines is 1. The fourth-order valence-corrected chi connectivity index (χ4v) is 4.86. The van der Waals surface area contributed by atoms with Crippen molar-refractivity contribution in [3.8, 4) is 0 Å². The van der Waals surface area contributed by atoms with E-state index in [1.165, 1.54) is 6.20 Å². The van der Waals surface area contributed by atoms with Crippen molar-refractivity contribution < 1.29 is 28.2 Å². The number of amides is 2. The number of aliphatic hydroxyl groups excluding tert-OH is 1. The van der Waals surface area contributed by atoms with Crippen LogP contribution in [0.3, 0.4) is 0 Å². The fraction of sp³-hybridized carbons (Fsp3) is 0.720.